The smallest absolute Gasteiger partial charge is 0.145 e. The lowest BCUT2D eigenvalue weighted by Gasteiger charge is -2.47. The molecule has 1 spiro atoms. The van der Waals surface area contributed by atoms with Gasteiger partial charge in [-0.1, -0.05) is 6.07 Å². The van der Waals surface area contributed by atoms with Crippen molar-refractivity contribution in [3.63, 3.8) is 0 Å². The number of para-hydroxylation sites is 1. The van der Waals surface area contributed by atoms with Gasteiger partial charge in [0.1, 0.15) is 33.3 Å². The highest BCUT2D eigenvalue weighted by Gasteiger charge is 2.50. The molecule has 3 heterocycles. The van der Waals surface area contributed by atoms with E-state index in [1.165, 1.54) is 6.26 Å². The second-order valence-corrected chi connectivity index (χ2v) is 8.95. The largest absolute Gasteiger partial charge is 0.494 e. The lowest BCUT2D eigenvalue weighted by Crippen LogP contribution is -2.58. The first kappa shape index (κ1) is 15.6. The quantitative estimate of drug-likeness (QED) is 0.914. The Morgan fingerprint density at radius 1 is 1.29 bits per heavy atom. The summed E-state index contributed by atoms with van der Waals surface area (Å²) in [7, 11) is -0.936. The third-order valence-corrected chi connectivity index (χ3v) is 6.32. The molecular weight excluding hydrogens is 326 g/mol. The van der Waals surface area contributed by atoms with Crippen molar-refractivity contribution in [1.82, 2.24) is 14.3 Å². The van der Waals surface area contributed by atoms with E-state index in [0.29, 0.717) is 0 Å². The molecule has 0 aliphatic carbocycles. The monoisotopic (exact) mass is 347 g/mol. The van der Waals surface area contributed by atoms with E-state index in [1.807, 2.05) is 18.2 Å². The van der Waals surface area contributed by atoms with Crippen LogP contribution in [0.4, 0.5) is 5.82 Å². The fourth-order valence-corrected chi connectivity index (χ4v) is 4.83. The Morgan fingerprint density at radius 3 is 2.79 bits per heavy atom. The van der Waals surface area contributed by atoms with Gasteiger partial charge in [-0.3, -0.25) is 0 Å². The molecule has 2 aliphatic heterocycles. The molecule has 1 aromatic heterocycles. The number of hydrogen-bond acceptors (Lipinski definition) is 6. The minimum atomic E-state index is -2.58. The normalized spacial score (nSPS) is 22.5. The Kier molecular flexibility index (Phi) is 3.43. The molecule has 8 heteroatoms. The van der Waals surface area contributed by atoms with Crippen LogP contribution in [0.1, 0.15) is 6.42 Å². The van der Waals surface area contributed by atoms with Gasteiger partial charge < -0.3 is 9.64 Å². The number of methoxy groups -OCH3 is 1. The van der Waals surface area contributed by atoms with Gasteiger partial charge in [0.2, 0.25) is 0 Å². The molecule has 2 saturated heterocycles. The lowest BCUT2D eigenvalue weighted by atomic mass is 9.81. The third-order valence-electron chi connectivity index (χ3n) is 5.08. The van der Waals surface area contributed by atoms with Gasteiger partial charge in [0.25, 0.3) is 0 Å². The highest BCUT2D eigenvalue weighted by molar-refractivity contribution is 7.89. The van der Waals surface area contributed by atoms with Crippen LogP contribution in [0.5, 0.6) is 5.75 Å². The molecule has 2 fully saturated rings. The highest BCUT2D eigenvalue weighted by Crippen LogP contribution is 2.43. The van der Waals surface area contributed by atoms with Crippen LogP contribution in [0.3, 0.4) is 0 Å². The Balaban J connectivity index is 1.62. The van der Waals surface area contributed by atoms with E-state index in [0.717, 1.165) is 55.1 Å². The summed E-state index contributed by atoms with van der Waals surface area (Å²) in [6.07, 6.45) is 4.12. The Hall–Kier alpha value is -1.93. The van der Waals surface area contributed by atoms with Crippen molar-refractivity contribution in [2.24, 2.45) is 5.41 Å². The third kappa shape index (κ3) is 2.41. The number of nitrogens with one attached hydrogen (secondary N) is 1. The first-order valence-electron chi connectivity index (χ1n) is 7.93. The van der Waals surface area contributed by atoms with Crippen molar-refractivity contribution in [3.8, 4) is 5.75 Å². The molecule has 128 valence electrons. The number of fused-ring (bicyclic) bond motifs is 1. The molecule has 2 aromatic rings. The Labute approximate surface area is 141 Å². The standard InChI is InChI=1S/C16H21N5O2S/c1-23-13-5-3-4-12-14(13)18-11-19-15(12)20-7-6-16(8-20)9-21(10-16)24(2,17)22/h3-5,11,17H,6-10H2,1-2H3/t24-/m1/s1. The first-order chi connectivity index (χ1) is 11.4. The van der Waals surface area contributed by atoms with Crippen molar-refractivity contribution in [3.05, 3.63) is 24.5 Å². The molecule has 1 atom stereocenters. The predicted molar refractivity (Wildman–Crippen MR) is 93.7 cm³/mol. The van der Waals surface area contributed by atoms with Gasteiger partial charge in [-0.25, -0.2) is 23.3 Å². The molecule has 1 aromatic carbocycles. The van der Waals surface area contributed by atoms with E-state index in [1.54, 1.807) is 17.7 Å². The maximum atomic E-state index is 11.9. The molecule has 7 nitrogen and oxygen atoms in total. The first-order valence-corrected chi connectivity index (χ1v) is 9.86. The van der Waals surface area contributed by atoms with Gasteiger partial charge >= 0.3 is 0 Å². The summed E-state index contributed by atoms with van der Waals surface area (Å²) in [5.74, 6) is 1.68. The molecule has 0 saturated carbocycles. The van der Waals surface area contributed by atoms with E-state index in [2.05, 4.69) is 14.9 Å². The number of ether oxygens (including phenoxy) is 1. The van der Waals surface area contributed by atoms with Crippen LogP contribution in [-0.2, 0) is 9.92 Å². The maximum Gasteiger partial charge on any atom is 0.145 e. The van der Waals surface area contributed by atoms with Crippen molar-refractivity contribution < 1.29 is 8.95 Å². The topological polar surface area (TPSA) is 82.4 Å². The van der Waals surface area contributed by atoms with Crippen LogP contribution in [-0.4, -0.2) is 58.0 Å². The van der Waals surface area contributed by atoms with Gasteiger partial charge in [0.15, 0.2) is 0 Å². The molecule has 4 rings (SSSR count). The second-order valence-electron chi connectivity index (χ2n) is 6.83. The van der Waals surface area contributed by atoms with Crippen LogP contribution in [0, 0.1) is 10.2 Å². The summed E-state index contributed by atoms with van der Waals surface area (Å²) in [6.45, 7) is 3.26. The summed E-state index contributed by atoms with van der Waals surface area (Å²) >= 11 is 0. The number of aromatic nitrogens is 2. The average molecular weight is 347 g/mol. The number of benzene rings is 1. The molecule has 0 bridgehead atoms. The highest BCUT2D eigenvalue weighted by atomic mass is 32.2. The minimum absolute atomic E-state index is 0.135. The Bertz CT molecular complexity index is 892. The van der Waals surface area contributed by atoms with E-state index >= 15 is 0 Å². The van der Waals surface area contributed by atoms with E-state index in [-0.39, 0.29) is 5.41 Å². The summed E-state index contributed by atoms with van der Waals surface area (Å²) in [4.78, 5) is 11.2. The SMILES string of the molecule is COc1cccc2c(N3CCC4(C3)CN([S@@](C)(=N)=O)C4)ncnc12. The van der Waals surface area contributed by atoms with Crippen LogP contribution in [0.25, 0.3) is 10.9 Å². The minimum Gasteiger partial charge on any atom is -0.494 e. The Morgan fingerprint density at radius 2 is 2.08 bits per heavy atom. The molecule has 1 N–H and O–H groups in total. The van der Waals surface area contributed by atoms with Crippen LogP contribution < -0.4 is 9.64 Å². The van der Waals surface area contributed by atoms with Crippen LogP contribution in [0.15, 0.2) is 24.5 Å². The van der Waals surface area contributed by atoms with Gasteiger partial charge in [0.05, 0.1) is 7.11 Å². The van der Waals surface area contributed by atoms with E-state index in [4.69, 9.17) is 9.52 Å². The fraction of sp³-hybridized carbons (Fsp3) is 0.500. The lowest BCUT2D eigenvalue weighted by molar-refractivity contribution is 0.0978. The molecule has 0 radical (unpaired) electrons. The van der Waals surface area contributed by atoms with Crippen molar-refractivity contribution in [2.45, 2.75) is 6.42 Å². The average Bonchev–Trinajstić information content (AvgIpc) is 2.97. The predicted octanol–water partition coefficient (Wildman–Crippen LogP) is 1.74. The van der Waals surface area contributed by atoms with Gasteiger partial charge in [-0.2, -0.15) is 0 Å². The summed E-state index contributed by atoms with van der Waals surface area (Å²) in [6, 6.07) is 5.88. The van der Waals surface area contributed by atoms with Gasteiger partial charge in [-0.05, 0) is 18.6 Å². The number of hydrogen-bond donors (Lipinski definition) is 1. The van der Waals surface area contributed by atoms with Crippen molar-refractivity contribution >= 4 is 26.6 Å². The fourth-order valence-electron chi connectivity index (χ4n) is 3.79. The zero-order chi connectivity index (χ0) is 16.9. The maximum absolute atomic E-state index is 11.9. The van der Waals surface area contributed by atoms with E-state index < -0.39 is 9.92 Å². The number of nitrogens with zero attached hydrogens (tertiary/aromatic N) is 4. The van der Waals surface area contributed by atoms with Gasteiger partial charge in [-0.15, -0.1) is 0 Å². The van der Waals surface area contributed by atoms with E-state index in [9.17, 15) is 4.21 Å². The summed E-state index contributed by atoms with van der Waals surface area (Å²) in [5.41, 5.74) is 0.958. The zero-order valence-electron chi connectivity index (χ0n) is 13.9. The van der Waals surface area contributed by atoms with Gasteiger partial charge in [0, 0.05) is 43.2 Å². The van der Waals surface area contributed by atoms with Crippen LogP contribution in [0.2, 0.25) is 0 Å². The summed E-state index contributed by atoms with van der Waals surface area (Å²) < 4.78 is 26.7. The zero-order valence-corrected chi connectivity index (χ0v) is 14.7. The van der Waals surface area contributed by atoms with Crippen molar-refractivity contribution in [2.75, 3.05) is 44.4 Å². The molecule has 0 amide bonds. The summed E-state index contributed by atoms with van der Waals surface area (Å²) in [5, 5.41) is 0.991. The van der Waals surface area contributed by atoms with Crippen LogP contribution >= 0.6 is 0 Å². The number of anilines is 1. The number of rotatable bonds is 3. The molecular formula is C16H21N5O2S. The molecule has 0 unspecified atom stereocenters. The second kappa shape index (κ2) is 5.29. The molecule has 24 heavy (non-hydrogen) atoms. The molecule has 2 aliphatic rings. The van der Waals surface area contributed by atoms with Crippen molar-refractivity contribution in [1.29, 1.82) is 4.78 Å².